The van der Waals surface area contributed by atoms with Crippen molar-refractivity contribution >= 4 is 16.7 Å². The summed E-state index contributed by atoms with van der Waals surface area (Å²) in [6.45, 7) is 3.80. The number of carbonyl (C=O) groups excluding carboxylic acids is 1. The van der Waals surface area contributed by atoms with Gasteiger partial charge in [-0.3, -0.25) is 9.69 Å². The number of ether oxygens (including phenoxy) is 3. The van der Waals surface area contributed by atoms with E-state index in [0.717, 1.165) is 13.1 Å². The number of fused-ring (bicyclic) bond motifs is 2. The standard InChI is InChI=1S/C24H24N2O4/c27-24(18-8-9-22-23(14-18)30-16-29-22)25-15-21(26-10-12-28-13-11-26)20-7-3-5-17-4-1-2-6-19(17)20/h1-9,14,21H,10-13,15-16H2,(H,25,27)/t21-/m0/s1. The molecule has 6 nitrogen and oxygen atoms in total. The Morgan fingerprint density at radius 3 is 2.67 bits per heavy atom. The molecule has 0 aliphatic carbocycles. The van der Waals surface area contributed by atoms with Crippen molar-refractivity contribution in [2.75, 3.05) is 39.6 Å². The van der Waals surface area contributed by atoms with Gasteiger partial charge in [0.05, 0.1) is 19.3 Å². The highest BCUT2D eigenvalue weighted by molar-refractivity contribution is 5.95. The van der Waals surface area contributed by atoms with E-state index in [2.05, 4.69) is 52.7 Å². The van der Waals surface area contributed by atoms with Crippen molar-refractivity contribution in [3.8, 4) is 11.5 Å². The molecule has 6 heteroatoms. The van der Waals surface area contributed by atoms with Crippen LogP contribution in [-0.2, 0) is 4.74 Å². The van der Waals surface area contributed by atoms with Gasteiger partial charge in [0.25, 0.3) is 5.91 Å². The Bertz CT molecular complexity index is 1060. The van der Waals surface area contributed by atoms with E-state index in [1.54, 1.807) is 18.2 Å². The zero-order valence-electron chi connectivity index (χ0n) is 16.7. The van der Waals surface area contributed by atoms with E-state index in [1.807, 2.05) is 0 Å². The van der Waals surface area contributed by atoms with Crippen LogP contribution in [0.5, 0.6) is 11.5 Å². The number of hydrogen-bond acceptors (Lipinski definition) is 5. The summed E-state index contributed by atoms with van der Waals surface area (Å²) in [6.07, 6.45) is 0. The van der Waals surface area contributed by atoms with Crippen molar-refractivity contribution in [2.24, 2.45) is 0 Å². The van der Waals surface area contributed by atoms with E-state index in [9.17, 15) is 4.79 Å². The molecule has 2 aliphatic heterocycles. The molecular formula is C24H24N2O4. The van der Waals surface area contributed by atoms with Gasteiger partial charge in [-0.2, -0.15) is 0 Å². The zero-order chi connectivity index (χ0) is 20.3. The Hall–Kier alpha value is -3.09. The second-order valence-corrected chi connectivity index (χ2v) is 7.51. The van der Waals surface area contributed by atoms with Gasteiger partial charge < -0.3 is 19.5 Å². The number of hydrogen-bond donors (Lipinski definition) is 1. The van der Waals surface area contributed by atoms with E-state index in [1.165, 1.54) is 16.3 Å². The summed E-state index contributed by atoms with van der Waals surface area (Å²) in [4.78, 5) is 15.3. The summed E-state index contributed by atoms with van der Waals surface area (Å²) in [5, 5.41) is 5.55. The zero-order valence-corrected chi connectivity index (χ0v) is 16.7. The number of carbonyl (C=O) groups is 1. The summed E-state index contributed by atoms with van der Waals surface area (Å²) in [6, 6.07) is 20.1. The van der Waals surface area contributed by atoms with Crippen LogP contribution in [0.4, 0.5) is 0 Å². The monoisotopic (exact) mass is 404 g/mol. The molecule has 0 spiro atoms. The molecule has 1 fully saturated rings. The lowest BCUT2D eigenvalue weighted by Gasteiger charge is -2.35. The minimum atomic E-state index is -0.119. The summed E-state index contributed by atoms with van der Waals surface area (Å²) < 4.78 is 16.3. The van der Waals surface area contributed by atoms with E-state index in [4.69, 9.17) is 14.2 Å². The van der Waals surface area contributed by atoms with Gasteiger partial charge in [-0.15, -0.1) is 0 Å². The molecular weight excluding hydrogens is 380 g/mol. The molecule has 2 aliphatic rings. The second kappa shape index (κ2) is 8.34. The maximum atomic E-state index is 12.9. The molecule has 154 valence electrons. The Morgan fingerprint density at radius 1 is 0.967 bits per heavy atom. The third-order valence-electron chi connectivity index (χ3n) is 5.76. The molecule has 5 rings (SSSR count). The molecule has 0 radical (unpaired) electrons. The maximum absolute atomic E-state index is 12.9. The van der Waals surface area contributed by atoms with Gasteiger partial charge in [-0.25, -0.2) is 0 Å². The van der Waals surface area contributed by atoms with Crippen LogP contribution in [0, 0.1) is 0 Å². The van der Waals surface area contributed by atoms with E-state index >= 15 is 0 Å². The summed E-state index contributed by atoms with van der Waals surface area (Å²) in [5.74, 6) is 1.17. The van der Waals surface area contributed by atoms with Crippen LogP contribution in [-0.4, -0.2) is 50.4 Å². The number of morpholine rings is 1. The first-order chi connectivity index (χ1) is 14.8. The number of benzene rings is 3. The third kappa shape index (κ3) is 3.72. The van der Waals surface area contributed by atoms with E-state index in [0.29, 0.717) is 36.8 Å². The summed E-state index contributed by atoms with van der Waals surface area (Å²) in [7, 11) is 0. The Balaban J connectivity index is 1.40. The van der Waals surface area contributed by atoms with Gasteiger partial charge in [0.1, 0.15) is 0 Å². The molecule has 1 N–H and O–H groups in total. The Kier molecular flexibility index (Phi) is 5.26. The number of nitrogens with zero attached hydrogens (tertiary/aromatic N) is 1. The molecule has 1 amide bonds. The first kappa shape index (κ1) is 18.9. The van der Waals surface area contributed by atoms with Gasteiger partial charge in [0, 0.05) is 25.2 Å². The molecule has 3 aromatic rings. The SMILES string of the molecule is O=C(NC[C@@H](c1cccc2ccccc12)N1CCOCC1)c1ccc2c(c1)OCO2. The highest BCUT2D eigenvalue weighted by Crippen LogP contribution is 2.33. The third-order valence-corrected chi connectivity index (χ3v) is 5.76. The van der Waals surface area contributed by atoms with Crippen LogP contribution in [0.1, 0.15) is 22.0 Å². The Labute approximate surface area is 175 Å². The fourth-order valence-corrected chi connectivity index (χ4v) is 4.20. The smallest absolute Gasteiger partial charge is 0.251 e. The number of amides is 1. The largest absolute Gasteiger partial charge is 0.454 e. The van der Waals surface area contributed by atoms with Crippen LogP contribution in [0.25, 0.3) is 10.8 Å². The number of nitrogens with one attached hydrogen (secondary N) is 1. The lowest BCUT2D eigenvalue weighted by molar-refractivity contribution is 0.0165. The van der Waals surface area contributed by atoms with Gasteiger partial charge in [0.2, 0.25) is 6.79 Å². The van der Waals surface area contributed by atoms with Gasteiger partial charge in [-0.05, 0) is 34.5 Å². The lowest BCUT2D eigenvalue weighted by atomic mass is 9.97. The quantitative estimate of drug-likeness (QED) is 0.707. The van der Waals surface area contributed by atoms with Gasteiger partial charge in [0.15, 0.2) is 11.5 Å². The fourth-order valence-electron chi connectivity index (χ4n) is 4.20. The predicted octanol–water partition coefficient (Wildman–Crippen LogP) is 3.37. The van der Waals surface area contributed by atoms with Crippen molar-refractivity contribution in [3.05, 3.63) is 71.8 Å². The highest BCUT2D eigenvalue weighted by Gasteiger charge is 2.25. The minimum absolute atomic E-state index is 0.0676. The van der Waals surface area contributed by atoms with Crippen molar-refractivity contribution < 1.29 is 19.0 Å². The molecule has 1 saturated heterocycles. The van der Waals surface area contributed by atoms with Gasteiger partial charge >= 0.3 is 0 Å². The minimum Gasteiger partial charge on any atom is -0.454 e. The van der Waals surface area contributed by atoms with Crippen molar-refractivity contribution in [3.63, 3.8) is 0 Å². The maximum Gasteiger partial charge on any atom is 0.251 e. The molecule has 30 heavy (non-hydrogen) atoms. The van der Waals surface area contributed by atoms with Crippen LogP contribution in [0.3, 0.4) is 0 Å². The van der Waals surface area contributed by atoms with Crippen LogP contribution in [0.2, 0.25) is 0 Å². The molecule has 0 aromatic heterocycles. The van der Waals surface area contributed by atoms with Gasteiger partial charge in [-0.1, -0.05) is 42.5 Å². The molecule has 3 aromatic carbocycles. The molecule has 0 saturated carbocycles. The molecule has 2 heterocycles. The Morgan fingerprint density at radius 2 is 1.77 bits per heavy atom. The fraction of sp³-hybridized carbons (Fsp3) is 0.292. The van der Waals surface area contributed by atoms with Crippen LogP contribution >= 0.6 is 0 Å². The lowest BCUT2D eigenvalue weighted by Crippen LogP contribution is -2.43. The average molecular weight is 404 g/mol. The first-order valence-corrected chi connectivity index (χ1v) is 10.3. The number of rotatable bonds is 5. The first-order valence-electron chi connectivity index (χ1n) is 10.3. The highest BCUT2D eigenvalue weighted by atomic mass is 16.7. The normalized spacial score (nSPS) is 17.1. The van der Waals surface area contributed by atoms with E-state index in [-0.39, 0.29) is 18.7 Å². The van der Waals surface area contributed by atoms with E-state index < -0.39 is 0 Å². The predicted molar refractivity (Wildman–Crippen MR) is 114 cm³/mol. The summed E-state index contributed by atoms with van der Waals surface area (Å²) in [5.41, 5.74) is 1.79. The average Bonchev–Trinajstić information content (AvgIpc) is 3.28. The summed E-state index contributed by atoms with van der Waals surface area (Å²) >= 11 is 0. The topological polar surface area (TPSA) is 60.0 Å². The van der Waals surface area contributed by atoms with Crippen molar-refractivity contribution in [1.82, 2.24) is 10.2 Å². The second-order valence-electron chi connectivity index (χ2n) is 7.51. The van der Waals surface area contributed by atoms with Crippen LogP contribution in [0.15, 0.2) is 60.7 Å². The van der Waals surface area contributed by atoms with Crippen molar-refractivity contribution in [1.29, 1.82) is 0 Å². The molecule has 0 bridgehead atoms. The molecule has 0 unspecified atom stereocenters. The molecule has 1 atom stereocenters. The van der Waals surface area contributed by atoms with Crippen LogP contribution < -0.4 is 14.8 Å². The van der Waals surface area contributed by atoms with Crippen molar-refractivity contribution in [2.45, 2.75) is 6.04 Å².